The molecule has 88 valence electrons. The van der Waals surface area contributed by atoms with E-state index in [2.05, 4.69) is 37.3 Å². The highest BCUT2D eigenvalue weighted by Gasteiger charge is 2.05. The van der Waals surface area contributed by atoms with Crippen LogP contribution in [0.15, 0.2) is 59.4 Å². The van der Waals surface area contributed by atoms with Crippen LogP contribution in [0.1, 0.15) is 5.56 Å². The van der Waals surface area contributed by atoms with Crippen LogP contribution >= 0.6 is 11.3 Å². The van der Waals surface area contributed by atoms with Crippen molar-refractivity contribution in [3.05, 3.63) is 69.7 Å². The molecule has 0 unspecified atom stereocenters. The molecule has 0 saturated carbocycles. The molecular formula is C16H12OS. The summed E-state index contributed by atoms with van der Waals surface area (Å²) in [5.41, 5.74) is 3.35. The highest BCUT2D eigenvalue weighted by Crippen LogP contribution is 2.28. The van der Waals surface area contributed by atoms with E-state index < -0.39 is 0 Å². The average molecular weight is 252 g/mol. The molecule has 3 rings (SSSR count). The van der Waals surface area contributed by atoms with Crippen LogP contribution in [-0.2, 0) is 0 Å². The van der Waals surface area contributed by atoms with Crippen LogP contribution in [0, 0.1) is 6.92 Å². The van der Waals surface area contributed by atoms with Gasteiger partial charge in [0.05, 0.1) is 0 Å². The first-order valence-electron chi connectivity index (χ1n) is 5.84. The smallest absolute Gasteiger partial charge is 0.233 e. The third kappa shape index (κ3) is 1.95. The van der Waals surface area contributed by atoms with E-state index in [1.54, 1.807) is 6.07 Å². The molecule has 1 heterocycles. The number of fused-ring (bicyclic) bond motifs is 1. The van der Waals surface area contributed by atoms with Gasteiger partial charge in [-0.05, 0) is 29.5 Å². The van der Waals surface area contributed by atoms with E-state index in [4.69, 9.17) is 0 Å². The summed E-state index contributed by atoms with van der Waals surface area (Å²) in [6.07, 6.45) is 0. The maximum atomic E-state index is 11.8. The molecule has 1 aromatic heterocycles. The van der Waals surface area contributed by atoms with E-state index in [1.807, 2.05) is 18.2 Å². The van der Waals surface area contributed by atoms with Crippen molar-refractivity contribution in [2.45, 2.75) is 6.92 Å². The molecule has 1 nitrogen and oxygen atoms in total. The second-order valence-electron chi connectivity index (χ2n) is 4.34. The fraction of sp³-hybridized carbons (Fsp3) is 0.0625. The summed E-state index contributed by atoms with van der Waals surface area (Å²) in [7, 11) is 0. The zero-order valence-electron chi connectivity index (χ0n) is 10.0. The second-order valence-corrected chi connectivity index (χ2v) is 5.39. The standard InChI is InChI=1S/C16H12OS/c1-11-6-8-12(9-7-11)14-10-16(17)18-15-5-3-2-4-13(14)15/h2-10H,1H3. The van der Waals surface area contributed by atoms with Crippen molar-refractivity contribution >= 4 is 21.4 Å². The molecule has 0 aliphatic rings. The molecule has 0 amide bonds. The van der Waals surface area contributed by atoms with Crippen molar-refractivity contribution in [1.29, 1.82) is 0 Å². The van der Waals surface area contributed by atoms with Crippen molar-refractivity contribution in [1.82, 2.24) is 0 Å². The van der Waals surface area contributed by atoms with Gasteiger partial charge in [-0.25, -0.2) is 0 Å². The predicted molar refractivity (Wildman–Crippen MR) is 78.3 cm³/mol. The minimum atomic E-state index is 0.101. The monoisotopic (exact) mass is 252 g/mol. The van der Waals surface area contributed by atoms with Crippen LogP contribution < -0.4 is 4.74 Å². The fourth-order valence-corrected chi connectivity index (χ4v) is 2.91. The summed E-state index contributed by atoms with van der Waals surface area (Å²) >= 11 is 1.30. The van der Waals surface area contributed by atoms with Crippen molar-refractivity contribution in [3.8, 4) is 11.1 Å². The van der Waals surface area contributed by atoms with E-state index in [-0.39, 0.29) is 4.74 Å². The number of rotatable bonds is 1. The van der Waals surface area contributed by atoms with Gasteiger partial charge in [-0.3, -0.25) is 4.79 Å². The lowest BCUT2D eigenvalue weighted by Crippen LogP contribution is -1.93. The van der Waals surface area contributed by atoms with E-state index in [9.17, 15) is 4.79 Å². The maximum Gasteiger partial charge on any atom is 0.233 e. The van der Waals surface area contributed by atoms with E-state index in [0.717, 1.165) is 21.2 Å². The SMILES string of the molecule is Cc1ccc(-c2cc(=O)sc3ccccc23)cc1. The Morgan fingerprint density at radius 2 is 1.67 bits per heavy atom. The Hall–Kier alpha value is -1.93. The molecule has 0 aliphatic heterocycles. The fourth-order valence-electron chi connectivity index (χ4n) is 2.08. The maximum absolute atomic E-state index is 11.8. The predicted octanol–water partition coefficient (Wildman–Crippen LogP) is 4.24. The van der Waals surface area contributed by atoms with Crippen LogP contribution in [0.25, 0.3) is 21.2 Å². The summed E-state index contributed by atoms with van der Waals surface area (Å²) in [6, 6.07) is 18.1. The normalized spacial score (nSPS) is 10.7. The number of hydrogen-bond acceptors (Lipinski definition) is 2. The third-order valence-corrected chi connectivity index (χ3v) is 3.91. The molecule has 0 atom stereocenters. The van der Waals surface area contributed by atoms with Gasteiger partial charge in [0.25, 0.3) is 0 Å². The molecule has 18 heavy (non-hydrogen) atoms. The topological polar surface area (TPSA) is 17.1 Å². The molecule has 2 aromatic carbocycles. The summed E-state index contributed by atoms with van der Waals surface area (Å²) < 4.78 is 1.14. The highest BCUT2D eigenvalue weighted by molar-refractivity contribution is 7.16. The zero-order chi connectivity index (χ0) is 12.5. The Labute approximate surface area is 109 Å². The van der Waals surface area contributed by atoms with Crippen LogP contribution in [0.5, 0.6) is 0 Å². The summed E-state index contributed by atoms with van der Waals surface area (Å²) in [5, 5.41) is 1.14. The summed E-state index contributed by atoms with van der Waals surface area (Å²) in [5.74, 6) is 0. The van der Waals surface area contributed by atoms with Gasteiger partial charge in [-0.2, -0.15) is 0 Å². The van der Waals surface area contributed by atoms with Crippen LogP contribution in [-0.4, -0.2) is 0 Å². The number of aryl methyl sites for hydroxylation is 1. The molecule has 0 fully saturated rings. The zero-order valence-corrected chi connectivity index (χ0v) is 10.8. The highest BCUT2D eigenvalue weighted by atomic mass is 32.1. The van der Waals surface area contributed by atoms with Crippen molar-refractivity contribution in [3.63, 3.8) is 0 Å². The Kier molecular flexibility index (Phi) is 2.73. The van der Waals surface area contributed by atoms with E-state index in [1.165, 1.54) is 16.9 Å². The van der Waals surface area contributed by atoms with Crippen LogP contribution in [0.3, 0.4) is 0 Å². The van der Waals surface area contributed by atoms with Gasteiger partial charge >= 0.3 is 0 Å². The molecular weight excluding hydrogens is 240 g/mol. The molecule has 0 aliphatic carbocycles. The summed E-state index contributed by atoms with van der Waals surface area (Å²) in [6.45, 7) is 2.06. The first kappa shape index (κ1) is 11.2. The van der Waals surface area contributed by atoms with E-state index >= 15 is 0 Å². The average Bonchev–Trinajstić information content (AvgIpc) is 2.38. The largest absolute Gasteiger partial charge is 0.278 e. The van der Waals surface area contributed by atoms with Crippen LogP contribution in [0.2, 0.25) is 0 Å². The molecule has 2 heteroatoms. The van der Waals surface area contributed by atoms with Gasteiger partial charge in [0.2, 0.25) is 4.74 Å². The molecule has 0 spiro atoms. The van der Waals surface area contributed by atoms with Gasteiger partial charge in [-0.15, -0.1) is 0 Å². The van der Waals surface area contributed by atoms with Crippen molar-refractivity contribution in [2.75, 3.05) is 0 Å². The second kappa shape index (κ2) is 4.39. The molecule has 0 bridgehead atoms. The van der Waals surface area contributed by atoms with Gasteiger partial charge in [0, 0.05) is 10.8 Å². The Morgan fingerprint density at radius 3 is 2.44 bits per heavy atom. The number of hydrogen-bond donors (Lipinski definition) is 0. The third-order valence-electron chi connectivity index (χ3n) is 3.01. The first-order valence-corrected chi connectivity index (χ1v) is 6.65. The summed E-state index contributed by atoms with van der Waals surface area (Å²) in [4.78, 5) is 11.8. The van der Waals surface area contributed by atoms with Gasteiger partial charge < -0.3 is 0 Å². The minimum Gasteiger partial charge on any atom is -0.278 e. The molecule has 0 saturated heterocycles. The van der Waals surface area contributed by atoms with Gasteiger partial charge in [0.15, 0.2) is 0 Å². The minimum absolute atomic E-state index is 0.101. The lowest BCUT2D eigenvalue weighted by Gasteiger charge is -2.06. The van der Waals surface area contributed by atoms with Crippen molar-refractivity contribution in [2.24, 2.45) is 0 Å². The van der Waals surface area contributed by atoms with Crippen molar-refractivity contribution < 1.29 is 0 Å². The molecule has 0 radical (unpaired) electrons. The van der Waals surface area contributed by atoms with Gasteiger partial charge in [-0.1, -0.05) is 59.4 Å². The molecule has 0 N–H and O–H groups in total. The molecule has 3 aromatic rings. The first-order chi connectivity index (χ1) is 8.74. The lowest BCUT2D eigenvalue weighted by molar-refractivity contribution is 1.47. The quantitative estimate of drug-likeness (QED) is 0.633. The number of benzene rings is 2. The lowest BCUT2D eigenvalue weighted by atomic mass is 10.0. The Morgan fingerprint density at radius 1 is 0.944 bits per heavy atom. The van der Waals surface area contributed by atoms with E-state index in [0.29, 0.717) is 0 Å². The van der Waals surface area contributed by atoms with Gasteiger partial charge in [0.1, 0.15) is 0 Å². The Balaban J connectivity index is 2.34. The Bertz CT molecular complexity index is 754. The van der Waals surface area contributed by atoms with Crippen LogP contribution in [0.4, 0.5) is 0 Å².